The molecule has 0 aromatic carbocycles. The lowest BCUT2D eigenvalue weighted by Gasteiger charge is -2.35. The molecule has 0 heteroatoms. The summed E-state index contributed by atoms with van der Waals surface area (Å²) in [4.78, 5) is 0. The summed E-state index contributed by atoms with van der Waals surface area (Å²) in [5.41, 5.74) is 0.672. The topological polar surface area (TPSA) is 0 Å². The van der Waals surface area contributed by atoms with Crippen molar-refractivity contribution in [2.75, 3.05) is 0 Å². The molecular formula is C23H48. The zero-order valence-electron chi connectivity index (χ0n) is 17.6. The van der Waals surface area contributed by atoms with E-state index in [9.17, 15) is 0 Å². The predicted octanol–water partition coefficient (Wildman–Crippen LogP) is 8.79. The van der Waals surface area contributed by atoms with Crippen molar-refractivity contribution in [3.63, 3.8) is 0 Å². The molecule has 0 spiro atoms. The molecule has 0 amide bonds. The Bertz CT molecular complexity index is 240. The lowest BCUT2D eigenvalue weighted by atomic mass is 9.70. The maximum Gasteiger partial charge on any atom is -0.0297 e. The summed E-state index contributed by atoms with van der Waals surface area (Å²) in [7, 11) is 0. The average molecular weight is 325 g/mol. The lowest BCUT2D eigenvalue weighted by Crippen LogP contribution is -2.22. The van der Waals surface area contributed by atoms with Gasteiger partial charge in [0, 0.05) is 0 Å². The van der Waals surface area contributed by atoms with E-state index in [1.165, 1.54) is 89.9 Å². The first kappa shape index (κ1) is 23.0. The average Bonchev–Trinajstić information content (AvgIpc) is 2.51. The van der Waals surface area contributed by atoms with Gasteiger partial charge in [0.2, 0.25) is 0 Å². The van der Waals surface area contributed by atoms with Gasteiger partial charge in [-0.25, -0.2) is 0 Å². The van der Waals surface area contributed by atoms with Crippen molar-refractivity contribution in [1.82, 2.24) is 0 Å². The quantitative estimate of drug-likeness (QED) is 0.249. The molecule has 0 saturated heterocycles. The third kappa shape index (κ3) is 13.0. The van der Waals surface area contributed by atoms with E-state index in [1.54, 1.807) is 0 Å². The normalized spacial score (nSPS) is 14.6. The van der Waals surface area contributed by atoms with Crippen LogP contribution in [0.2, 0.25) is 0 Å². The Labute approximate surface area is 149 Å². The molecule has 0 saturated carbocycles. The summed E-state index contributed by atoms with van der Waals surface area (Å²) in [6.45, 7) is 14.2. The van der Waals surface area contributed by atoms with Crippen LogP contribution in [0.4, 0.5) is 0 Å². The summed E-state index contributed by atoms with van der Waals surface area (Å²) in [6.07, 6.45) is 20.3. The molecule has 1 atom stereocenters. The highest BCUT2D eigenvalue weighted by molar-refractivity contribution is 4.80. The van der Waals surface area contributed by atoms with Gasteiger partial charge < -0.3 is 0 Å². The third-order valence-corrected chi connectivity index (χ3v) is 5.61. The van der Waals surface area contributed by atoms with Crippen LogP contribution >= 0.6 is 0 Å². The van der Waals surface area contributed by atoms with E-state index in [0.29, 0.717) is 5.41 Å². The molecule has 0 aromatic heterocycles. The standard InChI is InChI=1S/C23H48/c1-7-9-11-13-18-23(17-10-8-2,20-16-22(5)6)19-14-12-15-21(3)4/h21-22H,7-20H2,1-6H3. The SMILES string of the molecule is CCCCCCC(CCCC)(CCCCC(C)C)CCC(C)C. The molecule has 23 heavy (non-hydrogen) atoms. The molecule has 0 radical (unpaired) electrons. The van der Waals surface area contributed by atoms with Gasteiger partial charge in [0.25, 0.3) is 0 Å². The minimum Gasteiger partial charge on any atom is -0.0654 e. The molecule has 0 heterocycles. The van der Waals surface area contributed by atoms with Gasteiger partial charge in [0.1, 0.15) is 0 Å². The Kier molecular flexibility index (Phi) is 14.4. The van der Waals surface area contributed by atoms with Crippen molar-refractivity contribution in [3.8, 4) is 0 Å². The van der Waals surface area contributed by atoms with Gasteiger partial charge in [-0.2, -0.15) is 0 Å². The van der Waals surface area contributed by atoms with Crippen LogP contribution in [0, 0.1) is 17.3 Å². The molecule has 0 aliphatic heterocycles. The first-order valence-corrected chi connectivity index (χ1v) is 11.0. The van der Waals surface area contributed by atoms with E-state index >= 15 is 0 Å². The number of unbranched alkanes of at least 4 members (excludes halogenated alkanes) is 5. The highest BCUT2D eigenvalue weighted by Gasteiger charge is 2.28. The van der Waals surface area contributed by atoms with Crippen LogP contribution in [0.25, 0.3) is 0 Å². The largest absolute Gasteiger partial charge is 0.0654 e. The Morgan fingerprint density at radius 2 is 1.04 bits per heavy atom. The minimum absolute atomic E-state index is 0.672. The van der Waals surface area contributed by atoms with Crippen molar-refractivity contribution in [2.24, 2.45) is 17.3 Å². The van der Waals surface area contributed by atoms with Crippen molar-refractivity contribution < 1.29 is 0 Å². The molecule has 140 valence electrons. The zero-order chi connectivity index (χ0) is 17.6. The predicted molar refractivity (Wildman–Crippen MR) is 108 cm³/mol. The van der Waals surface area contributed by atoms with Gasteiger partial charge in [0.15, 0.2) is 0 Å². The molecule has 0 rings (SSSR count). The second kappa shape index (κ2) is 14.4. The Morgan fingerprint density at radius 1 is 0.522 bits per heavy atom. The summed E-state index contributed by atoms with van der Waals surface area (Å²) >= 11 is 0. The van der Waals surface area contributed by atoms with Crippen LogP contribution in [0.5, 0.6) is 0 Å². The molecule has 0 aliphatic rings. The van der Waals surface area contributed by atoms with Gasteiger partial charge >= 0.3 is 0 Å². The van der Waals surface area contributed by atoms with E-state index in [-0.39, 0.29) is 0 Å². The Morgan fingerprint density at radius 3 is 1.57 bits per heavy atom. The van der Waals surface area contributed by atoms with Gasteiger partial charge in [0.05, 0.1) is 0 Å². The van der Waals surface area contributed by atoms with E-state index < -0.39 is 0 Å². The fourth-order valence-electron chi connectivity index (χ4n) is 3.88. The van der Waals surface area contributed by atoms with Crippen molar-refractivity contribution in [2.45, 2.75) is 131 Å². The van der Waals surface area contributed by atoms with Crippen molar-refractivity contribution in [1.29, 1.82) is 0 Å². The molecule has 0 aromatic rings. The first-order valence-electron chi connectivity index (χ1n) is 11.0. The Hall–Kier alpha value is 0. The molecule has 0 nitrogen and oxygen atoms in total. The zero-order valence-corrected chi connectivity index (χ0v) is 17.6. The summed E-state index contributed by atoms with van der Waals surface area (Å²) in [5, 5.41) is 0. The van der Waals surface area contributed by atoms with Crippen LogP contribution in [-0.4, -0.2) is 0 Å². The van der Waals surface area contributed by atoms with Crippen LogP contribution in [-0.2, 0) is 0 Å². The number of hydrogen-bond acceptors (Lipinski definition) is 0. The highest BCUT2D eigenvalue weighted by Crippen LogP contribution is 2.42. The second-order valence-electron chi connectivity index (χ2n) is 8.99. The lowest BCUT2D eigenvalue weighted by molar-refractivity contribution is 0.166. The molecule has 0 N–H and O–H groups in total. The summed E-state index contributed by atoms with van der Waals surface area (Å²) in [6, 6.07) is 0. The molecule has 0 aliphatic carbocycles. The smallest absolute Gasteiger partial charge is 0.0297 e. The van der Waals surface area contributed by atoms with Crippen molar-refractivity contribution in [3.05, 3.63) is 0 Å². The maximum atomic E-state index is 2.40. The van der Waals surface area contributed by atoms with Gasteiger partial charge in [-0.05, 0) is 42.9 Å². The fraction of sp³-hybridized carbons (Fsp3) is 1.00. The highest BCUT2D eigenvalue weighted by atomic mass is 14.3. The number of hydrogen-bond donors (Lipinski definition) is 0. The second-order valence-corrected chi connectivity index (χ2v) is 8.99. The summed E-state index contributed by atoms with van der Waals surface area (Å²) < 4.78 is 0. The first-order chi connectivity index (χ1) is 11.0. The van der Waals surface area contributed by atoms with Gasteiger partial charge in [-0.1, -0.05) is 106 Å². The van der Waals surface area contributed by atoms with E-state index in [2.05, 4.69) is 41.5 Å². The van der Waals surface area contributed by atoms with E-state index in [4.69, 9.17) is 0 Å². The molecule has 0 fully saturated rings. The van der Waals surface area contributed by atoms with E-state index in [1.807, 2.05) is 0 Å². The maximum absolute atomic E-state index is 2.40. The van der Waals surface area contributed by atoms with Crippen molar-refractivity contribution >= 4 is 0 Å². The van der Waals surface area contributed by atoms with E-state index in [0.717, 1.165) is 11.8 Å². The van der Waals surface area contributed by atoms with Gasteiger partial charge in [-0.15, -0.1) is 0 Å². The van der Waals surface area contributed by atoms with Crippen LogP contribution in [0.1, 0.15) is 131 Å². The summed E-state index contributed by atoms with van der Waals surface area (Å²) in [5.74, 6) is 1.74. The molecule has 1 unspecified atom stereocenters. The monoisotopic (exact) mass is 324 g/mol. The van der Waals surface area contributed by atoms with Crippen LogP contribution < -0.4 is 0 Å². The fourth-order valence-corrected chi connectivity index (χ4v) is 3.88. The van der Waals surface area contributed by atoms with Gasteiger partial charge in [-0.3, -0.25) is 0 Å². The Balaban J connectivity index is 4.60. The number of rotatable bonds is 16. The van der Waals surface area contributed by atoms with Crippen LogP contribution in [0.15, 0.2) is 0 Å². The molecule has 0 bridgehead atoms. The minimum atomic E-state index is 0.672. The molecular weight excluding hydrogens is 276 g/mol. The van der Waals surface area contributed by atoms with Crippen LogP contribution in [0.3, 0.4) is 0 Å². The third-order valence-electron chi connectivity index (χ3n) is 5.61.